The molecule has 4 rings (SSSR count). The smallest absolute Gasteiger partial charge is 0.264 e. The fourth-order valence-corrected chi connectivity index (χ4v) is 5.55. The lowest BCUT2D eigenvalue weighted by molar-refractivity contribution is 0.505. The third-order valence-electron chi connectivity index (χ3n) is 5.91. The highest BCUT2D eigenvalue weighted by atomic mass is 35.5. The Morgan fingerprint density at radius 1 is 1.05 bits per heavy atom. The second kappa shape index (κ2) is 10.8. The number of anilines is 1. The van der Waals surface area contributed by atoms with Crippen molar-refractivity contribution in [1.29, 1.82) is 0 Å². The standard InChI is InChI=1S/C28H31ClFN5O2S/c1-18(2)12-19-6-9-25(38(36,37)34-27-32-15-22(29)16-33-27)23(13-19)20-7-8-21(24(30)14-20)17-35-11-10-31-26(35)28(3,4)5/h6-11,13-16,18H,12,17H2,1-5H3,(H,32,33,34). The minimum Gasteiger partial charge on any atom is -0.330 e. The molecular formula is C28H31ClFN5O2S. The molecule has 0 spiro atoms. The molecule has 0 aliphatic heterocycles. The van der Waals surface area contributed by atoms with E-state index in [2.05, 4.69) is 54.3 Å². The molecule has 0 aliphatic rings. The number of rotatable bonds is 8. The summed E-state index contributed by atoms with van der Waals surface area (Å²) in [5.41, 5.74) is 2.09. The van der Waals surface area contributed by atoms with Crippen LogP contribution in [-0.2, 0) is 28.4 Å². The molecule has 0 saturated heterocycles. The van der Waals surface area contributed by atoms with E-state index in [0.717, 1.165) is 17.8 Å². The summed E-state index contributed by atoms with van der Waals surface area (Å²) in [5, 5.41) is 0.285. The van der Waals surface area contributed by atoms with E-state index in [1.807, 2.05) is 10.8 Å². The van der Waals surface area contributed by atoms with Crippen LogP contribution in [0.2, 0.25) is 5.02 Å². The van der Waals surface area contributed by atoms with Crippen LogP contribution in [0.4, 0.5) is 10.3 Å². The zero-order chi connectivity index (χ0) is 27.7. The minimum atomic E-state index is -4.09. The topological polar surface area (TPSA) is 89.8 Å². The van der Waals surface area contributed by atoms with Gasteiger partial charge in [0.15, 0.2) is 0 Å². The van der Waals surface area contributed by atoms with E-state index in [1.54, 1.807) is 30.5 Å². The molecule has 0 amide bonds. The van der Waals surface area contributed by atoms with Crippen LogP contribution >= 0.6 is 11.6 Å². The molecule has 2 aromatic heterocycles. The van der Waals surface area contributed by atoms with Gasteiger partial charge in [0.05, 0.1) is 28.9 Å². The molecule has 200 valence electrons. The maximum Gasteiger partial charge on any atom is 0.264 e. The van der Waals surface area contributed by atoms with Crippen LogP contribution in [0.15, 0.2) is 66.1 Å². The molecule has 4 aromatic rings. The molecule has 10 heteroatoms. The van der Waals surface area contributed by atoms with Crippen molar-refractivity contribution in [2.45, 2.75) is 57.9 Å². The van der Waals surface area contributed by atoms with Crippen molar-refractivity contribution in [3.05, 3.63) is 89.0 Å². The summed E-state index contributed by atoms with van der Waals surface area (Å²) in [6.07, 6.45) is 6.90. The van der Waals surface area contributed by atoms with Gasteiger partial charge in [-0.2, -0.15) is 0 Å². The summed E-state index contributed by atoms with van der Waals surface area (Å²) >= 11 is 5.82. The summed E-state index contributed by atoms with van der Waals surface area (Å²) in [7, 11) is -4.09. The molecule has 7 nitrogen and oxygen atoms in total. The minimum absolute atomic E-state index is 0.000310. The second-order valence-electron chi connectivity index (χ2n) is 10.7. The predicted octanol–water partition coefficient (Wildman–Crippen LogP) is 6.48. The zero-order valence-electron chi connectivity index (χ0n) is 22.0. The summed E-state index contributed by atoms with van der Waals surface area (Å²) < 4.78 is 46.5. The Bertz CT molecular complexity index is 1540. The number of benzene rings is 2. The predicted molar refractivity (Wildman–Crippen MR) is 148 cm³/mol. The summed E-state index contributed by atoms with van der Waals surface area (Å²) in [6, 6.07) is 9.95. The average molecular weight is 556 g/mol. The Balaban J connectivity index is 1.74. The Morgan fingerprint density at radius 2 is 1.76 bits per heavy atom. The molecule has 0 aliphatic carbocycles. The fourth-order valence-electron chi connectivity index (χ4n) is 4.28. The molecule has 38 heavy (non-hydrogen) atoms. The van der Waals surface area contributed by atoms with Crippen LogP contribution in [0.5, 0.6) is 0 Å². The van der Waals surface area contributed by atoms with Crippen molar-refractivity contribution in [2.75, 3.05) is 4.72 Å². The van der Waals surface area contributed by atoms with Gasteiger partial charge in [-0.25, -0.2) is 32.5 Å². The first kappa shape index (κ1) is 27.7. The molecular weight excluding hydrogens is 525 g/mol. The number of nitrogens with zero attached hydrogens (tertiary/aromatic N) is 4. The quantitative estimate of drug-likeness (QED) is 0.269. The van der Waals surface area contributed by atoms with E-state index >= 15 is 4.39 Å². The third-order valence-corrected chi connectivity index (χ3v) is 7.50. The van der Waals surface area contributed by atoms with E-state index in [0.29, 0.717) is 29.2 Å². The Morgan fingerprint density at radius 3 is 2.39 bits per heavy atom. The highest BCUT2D eigenvalue weighted by Crippen LogP contribution is 2.32. The maximum absolute atomic E-state index is 15.4. The van der Waals surface area contributed by atoms with Gasteiger partial charge in [0.25, 0.3) is 10.0 Å². The van der Waals surface area contributed by atoms with Crippen LogP contribution in [-0.4, -0.2) is 27.9 Å². The summed E-state index contributed by atoms with van der Waals surface area (Å²) in [6.45, 7) is 10.6. The molecule has 0 unspecified atom stereocenters. The molecule has 0 radical (unpaired) electrons. The summed E-state index contributed by atoms with van der Waals surface area (Å²) in [5.74, 6) is 0.675. The first-order valence-corrected chi connectivity index (χ1v) is 14.1. The van der Waals surface area contributed by atoms with Gasteiger partial charge in [-0.05, 0) is 41.7 Å². The molecule has 2 aromatic carbocycles. The largest absolute Gasteiger partial charge is 0.330 e. The highest BCUT2D eigenvalue weighted by molar-refractivity contribution is 7.92. The van der Waals surface area contributed by atoms with Gasteiger partial charge < -0.3 is 4.57 Å². The lowest BCUT2D eigenvalue weighted by atomic mass is 9.95. The maximum atomic E-state index is 15.4. The number of hydrogen-bond donors (Lipinski definition) is 1. The van der Waals surface area contributed by atoms with Crippen LogP contribution in [0, 0.1) is 11.7 Å². The van der Waals surface area contributed by atoms with Gasteiger partial charge in [0, 0.05) is 28.9 Å². The van der Waals surface area contributed by atoms with E-state index in [9.17, 15) is 8.42 Å². The van der Waals surface area contributed by atoms with Crippen molar-refractivity contribution < 1.29 is 12.8 Å². The van der Waals surface area contributed by atoms with E-state index in [1.165, 1.54) is 24.5 Å². The van der Waals surface area contributed by atoms with Crippen LogP contribution in [0.3, 0.4) is 0 Å². The average Bonchev–Trinajstić information content (AvgIpc) is 3.30. The fraction of sp³-hybridized carbons (Fsp3) is 0.321. The van der Waals surface area contributed by atoms with Crippen LogP contribution in [0.25, 0.3) is 11.1 Å². The van der Waals surface area contributed by atoms with Crippen LogP contribution in [0.1, 0.15) is 51.6 Å². The van der Waals surface area contributed by atoms with Crippen molar-refractivity contribution in [3.8, 4) is 11.1 Å². The SMILES string of the molecule is CC(C)Cc1ccc(S(=O)(=O)Nc2ncc(Cl)cn2)c(-c2ccc(Cn3ccnc3C(C)(C)C)c(F)c2)c1. The number of imidazole rings is 1. The highest BCUT2D eigenvalue weighted by Gasteiger charge is 2.23. The van der Waals surface area contributed by atoms with Crippen LogP contribution < -0.4 is 4.72 Å². The molecule has 0 saturated carbocycles. The molecule has 0 fully saturated rings. The number of halogens is 2. The third kappa shape index (κ3) is 6.39. The Kier molecular flexibility index (Phi) is 7.90. The van der Waals surface area contributed by atoms with Crippen molar-refractivity contribution in [2.24, 2.45) is 5.92 Å². The number of sulfonamides is 1. The Hall–Kier alpha value is -3.30. The first-order chi connectivity index (χ1) is 17.8. The van der Waals surface area contributed by atoms with Crippen molar-refractivity contribution in [1.82, 2.24) is 19.5 Å². The van der Waals surface area contributed by atoms with Gasteiger partial charge in [-0.15, -0.1) is 0 Å². The Labute approximate surface area is 228 Å². The van der Waals surface area contributed by atoms with E-state index < -0.39 is 15.8 Å². The number of hydrogen-bond acceptors (Lipinski definition) is 5. The lowest BCUT2D eigenvalue weighted by Crippen LogP contribution is -2.19. The van der Waals surface area contributed by atoms with Crippen molar-refractivity contribution >= 4 is 27.6 Å². The normalized spacial score (nSPS) is 12.2. The monoisotopic (exact) mass is 555 g/mol. The summed E-state index contributed by atoms with van der Waals surface area (Å²) in [4.78, 5) is 12.3. The second-order valence-corrected chi connectivity index (χ2v) is 12.8. The molecule has 2 heterocycles. The zero-order valence-corrected chi connectivity index (χ0v) is 23.6. The van der Waals surface area contributed by atoms with E-state index in [-0.39, 0.29) is 21.3 Å². The van der Waals surface area contributed by atoms with Gasteiger partial charge in [-0.1, -0.05) is 64.4 Å². The van der Waals surface area contributed by atoms with Gasteiger partial charge in [-0.3, -0.25) is 0 Å². The van der Waals surface area contributed by atoms with Gasteiger partial charge >= 0.3 is 0 Å². The van der Waals surface area contributed by atoms with Gasteiger partial charge in [0.2, 0.25) is 5.95 Å². The van der Waals surface area contributed by atoms with E-state index in [4.69, 9.17) is 11.6 Å². The molecule has 0 bridgehead atoms. The lowest BCUT2D eigenvalue weighted by Gasteiger charge is -2.20. The molecule has 1 N–H and O–H groups in total. The first-order valence-electron chi connectivity index (χ1n) is 12.3. The molecule has 0 atom stereocenters. The van der Waals surface area contributed by atoms with Gasteiger partial charge in [0.1, 0.15) is 11.6 Å². The number of aromatic nitrogens is 4. The van der Waals surface area contributed by atoms with Crippen molar-refractivity contribution in [3.63, 3.8) is 0 Å². The number of nitrogens with one attached hydrogen (secondary N) is 1.